The molecule has 1 aliphatic carbocycles. The van der Waals surface area contributed by atoms with E-state index in [1.54, 1.807) is 6.07 Å². The summed E-state index contributed by atoms with van der Waals surface area (Å²) in [7, 11) is -2.64. The lowest BCUT2D eigenvalue weighted by molar-refractivity contribution is 0.302. The molecule has 1 saturated carbocycles. The Balaban J connectivity index is 1.54. The van der Waals surface area contributed by atoms with Crippen LogP contribution in [0.4, 0.5) is 16.0 Å². The van der Waals surface area contributed by atoms with Crippen molar-refractivity contribution in [2.24, 2.45) is 5.92 Å². The van der Waals surface area contributed by atoms with E-state index in [1.165, 1.54) is 37.6 Å². The largest absolute Gasteiger partial charge is 0.493 e. The van der Waals surface area contributed by atoms with Gasteiger partial charge >= 0.3 is 0 Å². The molecule has 0 aliphatic heterocycles. The first-order chi connectivity index (χ1) is 14.9. The van der Waals surface area contributed by atoms with Crippen molar-refractivity contribution >= 4 is 21.4 Å². The van der Waals surface area contributed by atoms with Crippen LogP contribution in [0, 0.1) is 16.5 Å². The monoisotopic (exact) mass is 441 g/mol. The van der Waals surface area contributed by atoms with E-state index in [0.29, 0.717) is 35.4 Å². The third-order valence-corrected chi connectivity index (χ3v) is 5.75. The van der Waals surface area contributed by atoms with Crippen LogP contribution in [-0.2, 0) is 15.5 Å². The standard InChI is InChI=1S/C22H24FN5O2S/c1-31(24,29)13-16-3-2-4-18(11-16)27-22-26-14-25-21(28-22)19-8-7-17(23)12-20(19)30-10-9-15-5-6-15/h2-4,7-8,11-12,14-15,24H,5-6,9-10,13H2,1H3,(H,25,26,27,28). The topological polar surface area (TPSA) is 101 Å². The van der Waals surface area contributed by atoms with Crippen molar-refractivity contribution in [3.8, 4) is 17.1 Å². The van der Waals surface area contributed by atoms with Crippen LogP contribution >= 0.6 is 0 Å². The van der Waals surface area contributed by atoms with Gasteiger partial charge in [0.25, 0.3) is 0 Å². The molecular formula is C22H24FN5O2S. The van der Waals surface area contributed by atoms with Crippen molar-refractivity contribution in [1.82, 2.24) is 15.0 Å². The molecule has 7 nitrogen and oxygen atoms in total. The minimum atomic E-state index is -2.64. The van der Waals surface area contributed by atoms with E-state index in [0.717, 1.165) is 17.9 Å². The Bertz CT molecular complexity index is 1180. The summed E-state index contributed by atoms with van der Waals surface area (Å²) >= 11 is 0. The molecule has 2 aromatic carbocycles. The number of nitrogens with one attached hydrogen (secondary N) is 2. The smallest absolute Gasteiger partial charge is 0.230 e. The minimum Gasteiger partial charge on any atom is -0.493 e. The van der Waals surface area contributed by atoms with E-state index in [-0.39, 0.29) is 11.6 Å². The molecule has 2 N–H and O–H groups in total. The third kappa shape index (κ3) is 6.21. The highest BCUT2D eigenvalue weighted by Crippen LogP contribution is 2.34. The Hall–Kier alpha value is -3.07. The van der Waals surface area contributed by atoms with Crippen molar-refractivity contribution in [2.75, 3.05) is 18.2 Å². The van der Waals surface area contributed by atoms with E-state index in [4.69, 9.17) is 9.52 Å². The Morgan fingerprint density at radius 3 is 2.84 bits per heavy atom. The van der Waals surface area contributed by atoms with Gasteiger partial charge in [0, 0.05) is 27.7 Å². The molecule has 162 valence electrons. The van der Waals surface area contributed by atoms with Crippen LogP contribution in [0.15, 0.2) is 48.8 Å². The molecule has 1 heterocycles. The Labute approximate surface area is 181 Å². The van der Waals surface area contributed by atoms with E-state index in [1.807, 2.05) is 24.3 Å². The van der Waals surface area contributed by atoms with Crippen LogP contribution in [0.3, 0.4) is 0 Å². The van der Waals surface area contributed by atoms with Crippen molar-refractivity contribution in [3.05, 3.63) is 60.2 Å². The molecule has 0 spiro atoms. The summed E-state index contributed by atoms with van der Waals surface area (Å²) in [6, 6.07) is 11.6. The van der Waals surface area contributed by atoms with Gasteiger partial charge in [0.15, 0.2) is 5.82 Å². The highest BCUT2D eigenvalue weighted by atomic mass is 32.2. The maximum Gasteiger partial charge on any atom is 0.230 e. The molecule has 1 unspecified atom stereocenters. The van der Waals surface area contributed by atoms with E-state index < -0.39 is 9.73 Å². The second-order valence-electron chi connectivity index (χ2n) is 7.83. The number of anilines is 2. The number of nitrogens with zero attached hydrogens (tertiary/aromatic N) is 3. The fourth-order valence-electron chi connectivity index (χ4n) is 3.21. The Morgan fingerprint density at radius 2 is 2.06 bits per heavy atom. The Kier molecular flexibility index (Phi) is 6.13. The normalized spacial score (nSPS) is 15.3. The number of aromatic nitrogens is 3. The molecule has 0 amide bonds. The molecule has 1 aromatic heterocycles. The van der Waals surface area contributed by atoms with Gasteiger partial charge in [-0.25, -0.2) is 18.6 Å². The molecule has 0 radical (unpaired) electrons. The maximum absolute atomic E-state index is 13.8. The van der Waals surface area contributed by atoms with Gasteiger partial charge in [0.1, 0.15) is 17.9 Å². The summed E-state index contributed by atoms with van der Waals surface area (Å²) in [6.45, 7) is 0.528. The average molecular weight is 442 g/mol. The molecule has 31 heavy (non-hydrogen) atoms. The lowest BCUT2D eigenvalue weighted by Gasteiger charge is -2.12. The number of benzene rings is 2. The van der Waals surface area contributed by atoms with Crippen LogP contribution in [0.25, 0.3) is 11.4 Å². The minimum absolute atomic E-state index is 0.169. The van der Waals surface area contributed by atoms with Crippen molar-refractivity contribution in [1.29, 1.82) is 4.78 Å². The van der Waals surface area contributed by atoms with Gasteiger partial charge in [0.05, 0.1) is 17.9 Å². The number of ether oxygens (including phenoxy) is 1. The Morgan fingerprint density at radius 1 is 1.23 bits per heavy atom. The molecule has 1 aliphatic rings. The number of halogens is 1. The molecule has 1 atom stereocenters. The lowest BCUT2D eigenvalue weighted by atomic mass is 10.2. The molecular weight excluding hydrogens is 417 g/mol. The fourth-order valence-corrected chi connectivity index (χ4v) is 4.03. The predicted molar refractivity (Wildman–Crippen MR) is 118 cm³/mol. The first-order valence-electron chi connectivity index (χ1n) is 10.0. The van der Waals surface area contributed by atoms with E-state index >= 15 is 0 Å². The molecule has 0 saturated heterocycles. The van der Waals surface area contributed by atoms with Gasteiger partial charge < -0.3 is 10.1 Å². The highest BCUT2D eigenvalue weighted by Gasteiger charge is 2.21. The summed E-state index contributed by atoms with van der Waals surface area (Å²) in [6.07, 6.45) is 6.23. The van der Waals surface area contributed by atoms with Crippen LogP contribution in [0.5, 0.6) is 5.75 Å². The average Bonchev–Trinajstić information content (AvgIpc) is 3.52. The summed E-state index contributed by atoms with van der Waals surface area (Å²) in [5, 5.41) is 3.11. The van der Waals surface area contributed by atoms with Gasteiger partial charge in [-0.3, -0.25) is 4.78 Å². The van der Waals surface area contributed by atoms with E-state index in [9.17, 15) is 8.60 Å². The van der Waals surface area contributed by atoms with Crippen LogP contribution in [0.1, 0.15) is 24.8 Å². The summed E-state index contributed by atoms with van der Waals surface area (Å²) in [5.74, 6) is 1.61. The van der Waals surface area contributed by atoms with Gasteiger partial charge in [0.2, 0.25) is 5.95 Å². The van der Waals surface area contributed by atoms with Crippen LogP contribution < -0.4 is 10.1 Å². The van der Waals surface area contributed by atoms with Crippen molar-refractivity contribution < 1.29 is 13.3 Å². The summed E-state index contributed by atoms with van der Waals surface area (Å²) < 4.78 is 39.0. The highest BCUT2D eigenvalue weighted by molar-refractivity contribution is 7.90. The zero-order chi connectivity index (χ0) is 21.8. The zero-order valence-corrected chi connectivity index (χ0v) is 18.0. The number of rotatable bonds is 9. The molecule has 4 rings (SSSR count). The molecule has 0 bridgehead atoms. The van der Waals surface area contributed by atoms with Gasteiger partial charge in [-0.05, 0) is 42.2 Å². The predicted octanol–water partition coefficient (Wildman–Crippen LogP) is 4.78. The molecule has 9 heteroatoms. The zero-order valence-electron chi connectivity index (χ0n) is 17.2. The van der Waals surface area contributed by atoms with Gasteiger partial charge in [-0.2, -0.15) is 4.98 Å². The van der Waals surface area contributed by atoms with Gasteiger partial charge in [-0.15, -0.1) is 0 Å². The number of hydrogen-bond acceptors (Lipinski definition) is 7. The quantitative estimate of drug-likeness (QED) is 0.496. The summed E-state index contributed by atoms with van der Waals surface area (Å²) in [4.78, 5) is 12.9. The molecule has 1 fully saturated rings. The van der Waals surface area contributed by atoms with Crippen molar-refractivity contribution in [3.63, 3.8) is 0 Å². The first-order valence-corrected chi connectivity index (χ1v) is 12.2. The van der Waals surface area contributed by atoms with Crippen LogP contribution in [0.2, 0.25) is 0 Å². The molecule has 3 aromatic rings. The first kappa shape index (κ1) is 21.2. The van der Waals surface area contributed by atoms with Gasteiger partial charge in [-0.1, -0.05) is 25.0 Å². The summed E-state index contributed by atoms with van der Waals surface area (Å²) in [5.41, 5.74) is 2.08. The van der Waals surface area contributed by atoms with Crippen molar-refractivity contribution in [2.45, 2.75) is 25.0 Å². The second-order valence-corrected chi connectivity index (χ2v) is 10.1. The lowest BCUT2D eigenvalue weighted by Crippen LogP contribution is -2.04. The third-order valence-electron chi connectivity index (χ3n) is 4.86. The maximum atomic E-state index is 13.8. The van der Waals surface area contributed by atoms with E-state index in [2.05, 4.69) is 20.3 Å². The number of hydrogen-bond donors (Lipinski definition) is 2. The second kappa shape index (κ2) is 8.97. The fraction of sp³-hybridized carbons (Fsp3) is 0.318. The SMILES string of the molecule is CS(=N)(=O)Cc1cccc(Nc2ncnc(-c3ccc(F)cc3OCCC3CC3)n2)c1. The van der Waals surface area contributed by atoms with Crippen LogP contribution in [-0.4, -0.2) is 32.0 Å².